The number of aromatic nitrogens is 6. The molecule has 1 saturated carbocycles. The first-order valence-corrected chi connectivity index (χ1v) is 10.2. The van der Waals surface area contributed by atoms with Gasteiger partial charge in [0.1, 0.15) is 11.6 Å². The molecule has 0 N–H and O–H groups in total. The summed E-state index contributed by atoms with van der Waals surface area (Å²) in [6.45, 7) is 5.05. The van der Waals surface area contributed by atoms with Gasteiger partial charge in [0.15, 0.2) is 5.65 Å². The smallest absolute Gasteiger partial charge is 0.370 e. The van der Waals surface area contributed by atoms with Crippen LogP contribution in [0.15, 0.2) is 12.4 Å². The summed E-state index contributed by atoms with van der Waals surface area (Å²) >= 11 is 0. The quantitative estimate of drug-likeness (QED) is 0.628. The number of hydrogen-bond donors (Lipinski definition) is 0. The predicted molar refractivity (Wildman–Crippen MR) is 106 cm³/mol. The molecular weight excluding hydrogens is 411 g/mol. The molecule has 0 aromatic carbocycles. The minimum absolute atomic E-state index is 0.0189. The Labute approximate surface area is 176 Å². The molecule has 1 saturated heterocycles. The summed E-state index contributed by atoms with van der Waals surface area (Å²) in [5, 5.41) is 4.19. The Hall–Kier alpha value is -2.82. The van der Waals surface area contributed by atoms with Gasteiger partial charge in [-0.1, -0.05) is 0 Å². The third kappa shape index (κ3) is 3.71. The summed E-state index contributed by atoms with van der Waals surface area (Å²) in [6, 6.07) is 0. The van der Waals surface area contributed by atoms with Crippen molar-refractivity contribution in [3.63, 3.8) is 0 Å². The fraction of sp³-hybridized carbons (Fsp3) is 0.550. The van der Waals surface area contributed by atoms with E-state index in [0.717, 1.165) is 5.56 Å². The van der Waals surface area contributed by atoms with Gasteiger partial charge in [0.25, 0.3) is 0 Å². The van der Waals surface area contributed by atoms with E-state index in [1.807, 2.05) is 25.1 Å². The van der Waals surface area contributed by atoms with Crippen molar-refractivity contribution in [2.75, 3.05) is 24.6 Å². The highest BCUT2D eigenvalue weighted by atomic mass is 19.4. The SMILES string of the molecule is Cc1nc2nc(N3CCO[C@@H](c4cnn(C)c4)C3)nc([C@@H]3C[C@H]3C(F)(F)F)c2nc1C. The third-order valence-corrected chi connectivity index (χ3v) is 5.97. The Bertz CT molecular complexity index is 1150. The zero-order valence-corrected chi connectivity index (χ0v) is 17.4. The van der Waals surface area contributed by atoms with E-state index in [0.29, 0.717) is 53.9 Å². The highest BCUT2D eigenvalue weighted by Gasteiger charge is 2.57. The van der Waals surface area contributed by atoms with Gasteiger partial charge in [0.2, 0.25) is 5.95 Å². The molecule has 1 aliphatic heterocycles. The third-order valence-electron chi connectivity index (χ3n) is 5.97. The van der Waals surface area contributed by atoms with E-state index in [1.54, 1.807) is 17.8 Å². The van der Waals surface area contributed by atoms with Gasteiger partial charge in [-0.3, -0.25) is 4.68 Å². The van der Waals surface area contributed by atoms with E-state index in [4.69, 9.17) is 4.74 Å². The maximum atomic E-state index is 13.3. The highest BCUT2D eigenvalue weighted by molar-refractivity contribution is 5.75. The van der Waals surface area contributed by atoms with E-state index in [-0.39, 0.29) is 12.5 Å². The molecule has 4 heterocycles. The van der Waals surface area contributed by atoms with Crippen molar-refractivity contribution in [1.29, 1.82) is 0 Å². The van der Waals surface area contributed by atoms with Crippen molar-refractivity contribution < 1.29 is 17.9 Å². The van der Waals surface area contributed by atoms with Crippen molar-refractivity contribution in [2.45, 2.75) is 38.5 Å². The molecular formula is C20H22F3N7O. The number of rotatable bonds is 3. The molecule has 3 aromatic heterocycles. The van der Waals surface area contributed by atoms with Gasteiger partial charge in [-0.25, -0.2) is 15.0 Å². The van der Waals surface area contributed by atoms with Gasteiger partial charge in [0, 0.05) is 31.3 Å². The number of nitrogens with zero attached hydrogens (tertiary/aromatic N) is 7. The molecule has 3 aromatic rings. The molecule has 0 radical (unpaired) electrons. The lowest BCUT2D eigenvalue weighted by Gasteiger charge is -2.32. The standard InChI is InChI=1S/C20H22F3N7O/c1-10-11(2)26-18-17(25-10)16(13-6-14(13)20(21,22)23)27-19(28-18)30-4-5-31-15(9-30)12-7-24-29(3)8-12/h7-8,13-15H,4-6,9H2,1-3H3/t13-,14-,15-/m1/s1. The van der Waals surface area contributed by atoms with Crippen molar-refractivity contribution in [2.24, 2.45) is 13.0 Å². The van der Waals surface area contributed by atoms with Crippen LogP contribution in [0.25, 0.3) is 11.2 Å². The van der Waals surface area contributed by atoms with E-state index in [9.17, 15) is 13.2 Å². The Morgan fingerprint density at radius 2 is 1.87 bits per heavy atom. The summed E-state index contributed by atoms with van der Waals surface area (Å²) < 4.78 is 47.5. The minimum atomic E-state index is -4.25. The average Bonchev–Trinajstić information content (AvgIpc) is 3.43. The van der Waals surface area contributed by atoms with Gasteiger partial charge in [-0.05, 0) is 20.3 Å². The number of aryl methyl sites for hydroxylation is 3. The zero-order valence-electron chi connectivity index (χ0n) is 17.4. The largest absolute Gasteiger partial charge is 0.392 e. The average molecular weight is 433 g/mol. The molecule has 2 fully saturated rings. The summed E-state index contributed by atoms with van der Waals surface area (Å²) in [6.07, 6.45) is -0.822. The van der Waals surface area contributed by atoms with E-state index in [2.05, 4.69) is 25.0 Å². The lowest BCUT2D eigenvalue weighted by Crippen LogP contribution is -2.39. The first-order chi connectivity index (χ1) is 14.7. The van der Waals surface area contributed by atoms with E-state index < -0.39 is 18.0 Å². The molecule has 8 nitrogen and oxygen atoms in total. The molecule has 5 rings (SSSR count). The number of hydrogen-bond acceptors (Lipinski definition) is 7. The Kier molecular flexibility index (Phi) is 4.61. The second-order valence-electron chi connectivity index (χ2n) is 8.22. The Balaban J connectivity index is 1.54. The highest BCUT2D eigenvalue weighted by Crippen LogP contribution is 2.56. The minimum Gasteiger partial charge on any atom is -0.370 e. The normalized spacial score (nSPS) is 24.1. The molecule has 3 atom stereocenters. The molecule has 11 heteroatoms. The molecule has 1 aliphatic carbocycles. The first-order valence-electron chi connectivity index (χ1n) is 10.2. The number of fused-ring (bicyclic) bond motifs is 1. The van der Waals surface area contributed by atoms with Crippen LogP contribution >= 0.6 is 0 Å². The molecule has 0 unspecified atom stereocenters. The van der Waals surface area contributed by atoms with Crippen LogP contribution in [0.2, 0.25) is 0 Å². The fourth-order valence-corrected chi connectivity index (χ4v) is 4.02. The van der Waals surface area contributed by atoms with Crippen LogP contribution in [0.5, 0.6) is 0 Å². The van der Waals surface area contributed by atoms with Crippen LogP contribution in [0.4, 0.5) is 19.1 Å². The van der Waals surface area contributed by atoms with Crippen molar-refractivity contribution in [3.8, 4) is 0 Å². The molecule has 164 valence electrons. The molecule has 0 amide bonds. The van der Waals surface area contributed by atoms with Gasteiger partial charge in [-0.2, -0.15) is 23.3 Å². The van der Waals surface area contributed by atoms with E-state index in [1.165, 1.54) is 0 Å². The van der Waals surface area contributed by atoms with E-state index >= 15 is 0 Å². The van der Waals surface area contributed by atoms with Gasteiger partial charge in [-0.15, -0.1) is 0 Å². The summed E-state index contributed by atoms with van der Waals surface area (Å²) in [5.41, 5.74) is 3.32. The topological polar surface area (TPSA) is 81.9 Å². The van der Waals surface area contributed by atoms with Crippen LogP contribution in [0.1, 0.15) is 41.1 Å². The summed E-state index contributed by atoms with van der Waals surface area (Å²) in [5.74, 6) is -1.74. The number of alkyl halides is 3. The van der Waals surface area contributed by atoms with Crippen molar-refractivity contribution >= 4 is 17.1 Å². The van der Waals surface area contributed by atoms with Crippen molar-refractivity contribution in [3.05, 3.63) is 35.0 Å². The second-order valence-corrected chi connectivity index (χ2v) is 8.22. The zero-order chi connectivity index (χ0) is 21.9. The predicted octanol–water partition coefficient (Wildman–Crippen LogP) is 3.01. The summed E-state index contributed by atoms with van der Waals surface area (Å²) in [7, 11) is 1.83. The maximum Gasteiger partial charge on any atom is 0.392 e. The number of ether oxygens (including phenoxy) is 1. The molecule has 0 spiro atoms. The Morgan fingerprint density at radius 1 is 1.10 bits per heavy atom. The number of halogens is 3. The van der Waals surface area contributed by atoms with Gasteiger partial charge >= 0.3 is 6.18 Å². The number of morpholine rings is 1. The van der Waals surface area contributed by atoms with Gasteiger partial charge in [0.05, 0.1) is 42.3 Å². The van der Waals surface area contributed by atoms with Gasteiger partial charge < -0.3 is 9.64 Å². The second kappa shape index (κ2) is 7.11. The molecule has 31 heavy (non-hydrogen) atoms. The first kappa shape index (κ1) is 20.1. The van der Waals surface area contributed by atoms with Crippen LogP contribution in [-0.2, 0) is 11.8 Å². The Morgan fingerprint density at radius 3 is 2.55 bits per heavy atom. The van der Waals surface area contributed by atoms with Crippen LogP contribution in [0.3, 0.4) is 0 Å². The van der Waals surface area contributed by atoms with Crippen LogP contribution in [0, 0.1) is 19.8 Å². The number of anilines is 1. The van der Waals surface area contributed by atoms with Crippen LogP contribution < -0.4 is 4.90 Å². The lowest BCUT2D eigenvalue weighted by atomic mass is 10.1. The lowest BCUT2D eigenvalue weighted by molar-refractivity contribution is -0.148. The molecule has 2 aliphatic rings. The molecule has 0 bridgehead atoms. The van der Waals surface area contributed by atoms with Crippen LogP contribution in [-0.4, -0.2) is 55.6 Å². The van der Waals surface area contributed by atoms with Crippen molar-refractivity contribution in [1.82, 2.24) is 29.7 Å². The maximum absolute atomic E-state index is 13.3. The fourth-order valence-electron chi connectivity index (χ4n) is 4.02. The monoisotopic (exact) mass is 433 g/mol. The summed E-state index contributed by atoms with van der Waals surface area (Å²) in [4.78, 5) is 20.1.